The van der Waals surface area contributed by atoms with Gasteiger partial charge in [0, 0.05) is 12.6 Å². The molecule has 0 heterocycles. The second-order valence-corrected chi connectivity index (χ2v) is 5.41. The Morgan fingerprint density at radius 3 is 2.62 bits per heavy atom. The molecule has 0 aromatic rings. The summed E-state index contributed by atoms with van der Waals surface area (Å²) in [4.78, 5) is 2.54. The number of unbranched alkanes of at least 4 members (excludes halogenated alkanes) is 2. The van der Waals surface area contributed by atoms with Crippen LogP contribution in [0.15, 0.2) is 0 Å². The molecule has 0 bridgehead atoms. The summed E-state index contributed by atoms with van der Waals surface area (Å²) in [6.07, 6.45) is 9.73. The molecule has 0 amide bonds. The summed E-state index contributed by atoms with van der Waals surface area (Å²) in [5, 5.41) is 3.50. The van der Waals surface area contributed by atoms with Gasteiger partial charge in [-0.15, -0.1) is 0 Å². The Hall–Kier alpha value is -0.0800. The van der Waals surface area contributed by atoms with Crippen LogP contribution in [0.4, 0.5) is 0 Å². The Kier molecular flexibility index (Phi) is 7.06. The van der Waals surface area contributed by atoms with Crippen molar-refractivity contribution in [2.24, 2.45) is 5.92 Å². The highest BCUT2D eigenvalue weighted by Crippen LogP contribution is 2.24. The van der Waals surface area contributed by atoms with Gasteiger partial charge in [0.15, 0.2) is 0 Å². The number of nitrogens with zero attached hydrogens (tertiary/aromatic N) is 1. The van der Waals surface area contributed by atoms with Crippen molar-refractivity contribution in [1.82, 2.24) is 10.2 Å². The van der Waals surface area contributed by atoms with Crippen LogP contribution in [-0.4, -0.2) is 38.1 Å². The molecule has 96 valence electrons. The molecule has 0 aromatic heterocycles. The van der Waals surface area contributed by atoms with Crippen LogP contribution in [-0.2, 0) is 0 Å². The zero-order valence-electron chi connectivity index (χ0n) is 11.5. The summed E-state index contributed by atoms with van der Waals surface area (Å²) in [5.41, 5.74) is 0. The third kappa shape index (κ3) is 4.84. The summed E-state index contributed by atoms with van der Waals surface area (Å²) in [7, 11) is 4.41. The maximum Gasteiger partial charge on any atom is 0.0104 e. The Morgan fingerprint density at radius 1 is 1.19 bits per heavy atom. The highest BCUT2D eigenvalue weighted by molar-refractivity contribution is 4.81. The van der Waals surface area contributed by atoms with Crippen LogP contribution in [0.2, 0.25) is 0 Å². The van der Waals surface area contributed by atoms with E-state index in [1.165, 1.54) is 58.0 Å². The average Bonchev–Trinajstić information content (AvgIpc) is 2.30. The Labute approximate surface area is 102 Å². The topological polar surface area (TPSA) is 15.3 Å². The normalized spacial score (nSPS) is 26.2. The van der Waals surface area contributed by atoms with Gasteiger partial charge in [0.05, 0.1) is 0 Å². The SMILES string of the molecule is CCCCCN(C)CC1CCCCC1NC. The molecule has 2 nitrogen and oxygen atoms in total. The van der Waals surface area contributed by atoms with E-state index in [1.54, 1.807) is 0 Å². The van der Waals surface area contributed by atoms with Crippen molar-refractivity contribution < 1.29 is 0 Å². The van der Waals surface area contributed by atoms with Crippen LogP contribution in [0.5, 0.6) is 0 Å². The predicted octanol–water partition coefficient (Wildman–Crippen LogP) is 2.89. The number of nitrogens with one attached hydrogen (secondary N) is 1. The maximum atomic E-state index is 3.50. The van der Waals surface area contributed by atoms with Crippen LogP contribution < -0.4 is 5.32 Å². The summed E-state index contributed by atoms with van der Waals surface area (Å²) in [5.74, 6) is 0.880. The molecule has 0 spiro atoms. The van der Waals surface area contributed by atoms with Crippen LogP contribution >= 0.6 is 0 Å². The van der Waals surface area contributed by atoms with Gasteiger partial charge in [-0.3, -0.25) is 0 Å². The molecule has 2 heteroatoms. The van der Waals surface area contributed by atoms with Crippen molar-refractivity contribution in [3.63, 3.8) is 0 Å². The lowest BCUT2D eigenvalue weighted by Gasteiger charge is -2.34. The summed E-state index contributed by atoms with van der Waals surface area (Å²) in [6, 6.07) is 0.766. The van der Waals surface area contributed by atoms with Gasteiger partial charge in [0.2, 0.25) is 0 Å². The Balaban J connectivity index is 2.22. The van der Waals surface area contributed by atoms with E-state index in [0.29, 0.717) is 0 Å². The summed E-state index contributed by atoms with van der Waals surface area (Å²) in [6.45, 7) is 4.84. The van der Waals surface area contributed by atoms with Crippen LogP contribution in [0, 0.1) is 5.92 Å². The Bertz CT molecular complexity index is 170. The quantitative estimate of drug-likeness (QED) is 0.672. The molecule has 1 aliphatic rings. The van der Waals surface area contributed by atoms with E-state index in [2.05, 4.69) is 31.2 Å². The lowest BCUT2D eigenvalue weighted by molar-refractivity contribution is 0.193. The molecule has 16 heavy (non-hydrogen) atoms. The highest BCUT2D eigenvalue weighted by Gasteiger charge is 2.24. The summed E-state index contributed by atoms with van der Waals surface area (Å²) < 4.78 is 0. The van der Waals surface area contributed by atoms with Gasteiger partial charge in [0.25, 0.3) is 0 Å². The molecule has 0 saturated heterocycles. The number of hydrogen-bond acceptors (Lipinski definition) is 2. The second kappa shape index (κ2) is 8.08. The fourth-order valence-electron chi connectivity index (χ4n) is 2.93. The molecule has 1 rings (SSSR count). The lowest BCUT2D eigenvalue weighted by Crippen LogP contribution is -2.42. The molecule has 0 aromatic carbocycles. The van der Waals surface area contributed by atoms with Crippen LogP contribution in [0.25, 0.3) is 0 Å². The van der Waals surface area contributed by atoms with E-state index in [0.717, 1.165) is 12.0 Å². The molecule has 1 fully saturated rings. The van der Waals surface area contributed by atoms with Gasteiger partial charge in [-0.1, -0.05) is 32.6 Å². The monoisotopic (exact) mass is 226 g/mol. The van der Waals surface area contributed by atoms with E-state index in [1.807, 2.05) is 0 Å². The van der Waals surface area contributed by atoms with Crippen molar-refractivity contribution in [3.8, 4) is 0 Å². The zero-order valence-corrected chi connectivity index (χ0v) is 11.5. The highest BCUT2D eigenvalue weighted by atomic mass is 15.1. The smallest absolute Gasteiger partial charge is 0.0104 e. The van der Waals surface area contributed by atoms with Crippen LogP contribution in [0.3, 0.4) is 0 Å². The predicted molar refractivity (Wildman–Crippen MR) is 71.8 cm³/mol. The van der Waals surface area contributed by atoms with Gasteiger partial charge in [-0.05, 0) is 45.8 Å². The molecule has 0 aliphatic heterocycles. The molecule has 1 aliphatic carbocycles. The zero-order chi connectivity index (χ0) is 11.8. The third-order valence-electron chi connectivity index (χ3n) is 3.97. The van der Waals surface area contributed by atoms with E-state index in [-0.39, 0.29) is 0 Å². The first-order valence-electron chi connectivity index (χ1n) is 7.13. The molecular formula is C14H30N2. The maximum absolute atomic E-state index is 3.50. The first kappa shape index (κ1) is 14.0. The van der Waals surface area contributed by atoms with E-state index < -0.39 is 0 Å². The van der Waals surface area contributed by atoms with Crippen molar-refractivity contribution >= 4 is 0 Å². The number of rotatable bonds is 7. The molecule has 1 saturated carbocycles. The summed E-state index contributed by atoms with van der Waals surface area (Å²) >= 11 is 0. The number of hydrogen-bond donors (Lipinski definition) is 1. The van der Waals surface area contributed by atoms with Gasteiger partial charge in [-0.2, -0.15) is 0 Å². The standard InChI is InChI=1S/C14H30N2/c1-4-5-8-11-16(3)12-13-9-6-7-10-14(13)15-2/h13-15H,4-12H2,1-3H3. The van der Waals surface area contributed by atoms with E-state index in [9.17, 15) is 0 Å². The average molecular weight is 226 g/mol. The molecule has 2 atom stereocenters. The minimum atomic E-state index is 0.766. The fraction of sp³-hybridized carbons (Fsp3) is 1.00. The second-order valence-electron chi connectivity index (χ2n) is 5.41. The lowest BCUT2D eigenvalue weighted by atomic mass is 9.84. The first-order valence-corrected chi connectivity index (χ1v) is 7.13. The minimum absolute atomic E-state index is 0.766. The van der Waals surface area contributed by atoms with Gasteiger partial charge >= 0.3 is 0 Å². The van der Waals surface area contributed by atoms with Gasteiger partial charge in [0.1, 0.15) is 0 Å². The van der Waals surface area contributed by atoms with E-state index >= 15 is 0 Å². The van der Waals surface area contributed by atoms with Crippen molar-refractivity contribution in [2.75, 3.05) is 27.2 Å². The molecular weight excluding hydrogens is 196 g/mol. The third-order valence-corrected chi connectivity index (χ3v) is 3.97. The van der Waals surface area contributed by atoms with Crippen molar-refractivity contribution in [1.29, 1.82) is 0 Å². The van der Waals surface area contributed by atoms with Crippen molar-refractivity contribution in [3.05, 3.63) is 0 Å². The minimum Gasteiger partial charge on any atom is -0.317 e. The molecule has 2 unspecified atom stereocenters. The first-order chi connectivity index (χ1) is 7.77. The van der Waals surface area contributed by atoms with E-state index in [4.69, 9.17) is 0 Å². The Morgan fingerprint density at radius 2 is 1.94 bits per heavy atom. The van der Waals surface area contributed by atoms with Gasteiger partial charge < -0.3 is 10.2 Å². The fourth-order valence-corrected chi connectivity index (χ4v) is 2.93. The molecule has 0 radical (unpaired) electrons. The van der Waals surface area contributed by atoms with Crippen LogP contribution in [0.1, 0.15) is 51.9 Å². The largest absolute Gasteiger partial charge is 0.317 e. The van der Waals surface area contributed by atoms with Crippen molar-refractivity contribution in [2.45, 2.75) is 57.9 Å². The molecule has 1 N–H and O–H groups in total. The van der Waals surface area contributed by atoms with Gasteiger partial charge in [-0.25, -0.2) is 0 Å².